The maximum Gasteiger partial charge on any atom is 0.111 e. The summed E-state index contributed by atoms with van der Waals surface area (Å²) in [6, 6.07) is 0. The molecule has 0 aliphatic heterocycles. The molecule has 0 radical (unpaired) electrons. The zero-order valence-corrected chi connectivity index (χ0v) is 5.60. The molecule has 0 unspecified atom stereocenters. The van der Waals surface area contributed by atoms with E-state index in [1.165, 1.54) is 0 Å². The second-order valence-electron chi connectivity index (χ2n) is 1.66. The minimum Gasteiger partial charge on any atom is -0.494 e. The van der Waals surface area contributed by atoms with Gasteiger partial charge in [0.1, 0.15) is 5.76 Å². The van der Waals surface area contributed by atoms with Gasteiger partial charge in [-0.05, 0) is 19.0 Å². The fraction of sp³-hybridized carbons (Fsp3) is 0.429. The van der Waals surface area contributed by atoms with Crippen LogP contribution in [0.3, 0.4) is 0 Å². The Labute approximate surface area is 56.0 Å². The first-order valence-electron chi connectivity index (χ1n) is 2.95. The number of hydrogen-bond acceptors (Lipinski definition) is 2. The largest absolute Gasteiger partial charge is 0.494 e. The summed E-state index contributed by atoms with van der Waals surface area (Å²) in [5.41, 5.74) is 5.22. The minimum atomic E-state index is 0.614. The van der Waals surface area contributed by atoms with Crippen molar-refractivity contribution in [2.75, 3.05) is 13.2 Å². The van der Waals surface area contributed by atoms with Crippen molar-refractivity contribution >= 4 is 0 Å². The van der Waals surface area contributed by atoms with Crippen LogP contribution in [0.15, 0.2) is 25.0 Å². The Morgan fingerprint density at radius 2 is 2.33 bits per heavy atom. The maximum atomic E-state index is 5.22. The summed E-state index contributed by atoms with van der Waals surface area (Å²) in [5, 5.41) is 0. The normalized spacial score (nSPS) is 8.56. The molecule has 0 fully saturated rings. The molecule has 2 heteroatoms. The van der Waals surface area contributed by atoms with Gasteiger partial charge in [-0.1, -0.05) is 13.2 Å². The molecule has 0 bridgehead atoms. The van der Waals surface area contributed by atoms with Gasteiger partial charge >= 0.3 is 0 Å². The second-order valence-corrected chi connectivity index (χ2v) is 1.66. The Bertz CT molecular complexity index is 99.1. The molecular formula is C7H13NO. The predicted octanol–water partition coefficient (Wildman–Crippen LogP) is 1.05. The van der Waals surface area contributed by atoms with Crippen molar-refractivity contribution in [1.29, 1.82) is 0 Å². The number of rotatable bonds is 5. The average Bonchev–Trinajstić information content (AvgIpc) is 1.89. The molecule has 0 atom stereocenters. The zero-order chi connectivity index (χ0) is 7.11. The van der Waals surface area contributed by atoms with Crippen LogP contribution in [0.25, 0.3) is 0 Å². The van der Waals surface area contributed by atoms with Crippen molar-refractivity contribution in [3.05, 3.63) is 25.0 Å². The molecule has 0 amide bonds. The van der Waals surface area contributed by atoms with Crippen molar-refractivity contribution in [3.8, 4) is 0 Å². The molecule has 0 heterocycles. The Kier molecular flexibility index (Phi) is 4.92. The molecule has 9 heavy (non-hydrogen) atoms. The van der Waals surface area contributed by atoms with Crippen molar-refractivity contribution in [3.63, 3.8) is 0 Å². The van der Waals surface area contributed by atoms with Crippen LogP contribution in [0.2, 0.25) is 0 Å². The van der Waals surface area contributed by atoms with Crippen molar-refractivity contribution in [2.45, 2.75) is 6.42 Å². The molecule has 0 saturated heterocycles. The maximum absolute atomic E-state index is 5.22. The van der Waals surface area contributed by atoms with E-state index in [1.54, 1.807) is 6.08 Å². The fourth-order valence-corrected chi connectivity index (χ4v) is 0.346. The first kappa shape index (κ1) is 8.24. The standard InChI is InChI=1S/C7H13NO/c1-3-7(2)9-6-4-5-8/h3H,1-2,4-6,8H2. The lowest BCUT2D eigenvalue weighted by molar-refractivity contribution is 0.224. The third-order valence-electron chi connectivity index (χ3n) is 0.864. The first-order valence-corrected chi connectivity index (χ1v) is 2.95. The summed E-state index contributed by atoms with van der Waals surface area (Å²) in [4.78, 5) is 0. The zero-order valence-electron chi connectivity index (χ0n) is 5.60. The molecule has 0 rings (SSSR count). The van der Waals surface area contributed by atoms with Crippen molar-refractivity contribution in [2.24, 2.45) is 5.73 Å². The highest BCUT2D eigenvalue weighted by Crippen LogP contribution is 1.93. The fourth-order valence-electron chi connectivity index (χ4n) is 0.346. The van der Waals surface area contributed by atoms with Crippen LogP contribution in [0.1, 0.15) is 6.42 Å². The highest BCUT2D eigenvalue weighted by Gasteiger charge is 1.85. The molecule has 2 N–H and O–H groups in total. The van der Waals surface area contributed by atoms with Crippen LogP contribution in [0, 0.1) is 0 Å². The third-order valence-corrected chi connectivity index (χ3v) is 0.864. The van der Waals surface area contributed by atoms with Gasteiger partial charge in [-0.15, -0.1) is 0 Å². The van der Waals surface area contributed by atoms with E-state index < -0.39 is 0 Å². The molecule has 0 aliphatic rings. The number of ether oxygens (including phenoxy) is 1. The highest BCUT2D eigenvalue weighted by atomic mass is 16.5. The van der Waals surface area contributed by atoms with Crippen LogP contribution in [-0.4, -0.2) is 13.2 Å². The Hall–Kier alpha value is -0.760. The molecular weight excluding hydrogens is 114 g/mol. The summed E-state index contributed by atoms with van der Waals surface area (Å²) in [5.74, 6) is 0.614. The van der Waals surface area contributed by atoms with Gasteiger partial charge in [0, 0.05) is 0 Å². The van der Waals surface area contributed by atoms with Crippen LogP contribution in [0.5, 0.6) is 0 Å². The van der Waals surface area contributed by atoms with Crippen molar-refractivity contribution < 1.29 is 4.74 Å². The van der Waals surface area contributed by atoms with Crippen molar-refractivity contribution in [1.82, 2.24) is 0 Å². The van der Waals surface area contributed by atoms with Gasteiger partial charge in [0.2, 0.25) is 0 Å². The Morgan fingerprint density at radius 3 is 2.78 bits per heavy atom. The van der Waals surface area contributed by atoms with Gasteiger partial charge in [-0.3, -0.25) is 0 Å². The van der Waals surface area contributed by atoms with E-state index in [0.29, 0.717) is 18.9 Å². The summed E-state index contributed by atoms with van der Waals surface area (Å²) < 4.78 is 5.04. The second kappa shape index (κ2) is 5.38. The van der Waals surface area contributed by atoms with Gasteiger partial charge in [0.15, 0.2) is 0 Å². The van der Waals surface area contributed by atoms with Gasteiger partial charge in [0.25, 0.3) is 0 Å². The van der Waals surface area contributed by atoms with Crippen LogP contribution in [-0.2, 0) is 4.74 Å². The molecule has 0 saturated carbocycles. The molecule has 0 aromatic rings. The lowest BCUT2D eigenvalue weighted by Crippen LogP contribution is -2.03. The molecule has 52 valence electrons. The average molecular weight is 127 g/mol. The van der Waals surface area contributed by atoms with E-state index in [1.807, 2.05) is 0 Å². The minimum absolute atomic E-state index is 0.614. The van der Waals surface area contributed by atoms with Crippen LogP contribution in [0.4, 0.5) is 0 Å². The molecule has 0 aromatic carbocycles. The number of nitrogens with two attached hydrogens (primary N) is 1. The quantitative estimate of drug-likeness (QED) is 0.340. The predicted molar refractivity (Wildman–Crippen MR) is 39.0 cm³/mol. The lowest BCUT2D eigenvalue weighted by Gasteiger charge is -2.01. The van der Waals surface area contributed by atoms with E-state index in [4.69, 9.17) is 10.5 Å². The Morgan fingerprint density at radius 1 is 1.67 bits per heavy atom. The van der Waals surface area contributed by atoms with Gasteiger partial charge in [0.05, 0.1) is 6.61 Å². The van der Waals surface area contributed by atoms with Gasteiger partial charge in [-0.2, -0.15) is 0 Å². The number of allylic oxidation sites excluding steroid dienone is 1. The SMILES string of the molecule is C=CC(=C)OCCCN. The molecule has 0 aliphatic carbocycles. The molecule has 0 spiro atoms. The molecule has 0 aromatic heterocycles. The van der Waals surface area contributed by atoms with E-state index in [2.05, 4.69) is 13.2 Å². The highest BCUT2D eigenvalue weighted by molar-refractivity contribution is 5.01. The van der Waals surface area contributed by atoms with E-state index >= 15 is 0 Å². The molecule has 2 nitrogen and oxygen atoms in total. The van der Waals surface area contributed by atoms with E-state index in [0.717, 1.165) is 6.42 Å². The smallest absolute Gasteiger partial charge is 0.111 e. The third kappa shape index (κ3) is 5.11. The summed E-state index contributed by atoms with van der Waals surface area (Å²) in [6.07, 6.45) is 2.45. The topological polar surface area (TPSA) is 35.2 Å². The lowest BCUT2D eigenvalue weighted by atomic mass is 10.4. The monoisotopic (exact) mass is 127 g/mol. The van der Waals surface area contributed by atoms with E-state index in [9.17, 15) is 0 Å². The summed E-state index contributed by atoms with van der Waals surface area (Å²) in [7, 11) is 0. The van der Waals surface area contributed by atoms with Crippen LogP contribution >= 0.6 is 0 Å². The van der Waals surface area contributed by atoms with Gasteiger partial charge < -0.3 is 10.5 Å². The summed E-state index contributed by atoms with van der Waals surface area (Å²) >= 11 is 0. The summed E-state index contributed by atoms with van der Waals surface area (Å²) in [6.45, 7) is 8.34. The van der Waals surface area contributed by atoms with Crippen LogP contribution < -0.4 is 5.73 Å². The van der Waals surface area contributed by atoms with E-state index in [-0.39, 0.29) is 0 Å². The number of hydrogen-bond donors (Lipinski definition) is 1. The van der Waals surface area contributed by atoms with Gasteiger partial charge in [-0.25, -0.2) is 0 Å². The Balaban J connectivity index is 3.07. The first-order chi connectivity index (χ1) is 4.31.